The van der Waals surface area contributed by atoms with Crippen LogP contribution in [0.5, 0.6) is 0 Å². The van der Waals surface area contributed by atoms with Gasteiger partial charge < -0.3 is 10.4 Å². The Hall–Kier alpha value is -1.72. The molecule has 1 atom stereocenters. The Morgan fingerprint density at radius 3 is 2.61 bits per heavy atom. The second-order valence-electron chi connectivity index (χ2n) is 6.25. The highest BCUT2D eigenvalue weighted by atomic mass is 16.3. The van der Waals surface area contributed by atoms with Gasteiger partial charge in [0, 0.05) is 42.1 Å². The van der Waals surface area contributed by atoms with Gasteiger partial charge in [-0.05, 0) is 38.8 Å². The summed E-state index contributed by atoms with van der Waals surface area (Å²) < 4.78 is 1.87. The van der Waals surface area contributed by atoms with Crippen LogP contribution in [0.15, 0.2) is 30.6 Å². The number of pyridine rings is 1. The summed E-state index contributed by atoms with van der Waals surface area (Å²) >= 11 is 0. The zero-order valence-corrected chi connectivity index (χ0v) is 14.6. The van der Waals surface area contributed by atoms with E-state index in [4.69, 9.17) is 0 Å². The van der Waals surface area contributed by atoms with Crippen LogP contribution in [-0.2, 0) is 0 Å². The molecular formula is C18H28N4O. The van der Waals surface area contributed by atoms with Crippen LogP contribution >= 0.6 is 0 Å². The summed E-state index contributed by atoms with van der Waals surface area (Å²) in [7, 11) is 0. The highest BCUT2D eigenvalue weighted by Crippen LogP contribution is 2.26. The zero-order valence-electron chi connectivity index (χ0n) is 14.6. The number of aliphatic hydroxyl groups excluding tert-OH is 1. The van der Waals surface area contributed by atoms with Crippen LogP contribution in [-0.4, -0.2) is 33.0 Å². The van der Waals surface area contributed by atoms with E-state index in [2.05, 4.69) is 43.1 Å². The van der Waals surface area contributed by atoms with E-state index in [9.17, 15) is 5.11 Å². The lowest BCUT2D eigenvalue weighted by Gasteiger charge is -2.31. The van der Waals surface area contributed by atoms with Gasteiger partial charge in [-0.2, -0.15) is 5.10 Å². The lowest BCUT2D eigenvalue weighted by molar-refractivity contribution is 0.110. The Morgan fingerprint density at radius 1 is 1.30 bits per heavy atom. The summed E-state index contributed by atoms with van der Waals surface area (Å²) in [6.07, 6.45) is 5.61. The topological polar surface area (TPSA) is 63.0 Å². The molecule has 5 nitrogen and oxygen atoms in total. The smallest absolute Gasteiger partial charge is 0.153 e. The molecule has 0 aromatic carbocycles. The number of rotatable bonds is 8. The average molecular weight is 316 g/mol. The normalized spacial score (nSPS) is 13.3. The fourth-order valence-corrected chi connectivity index (χ4v) is 2.82. The third-order valence-corrected chi connectivity index (χ3v) is 5.00. The van der Waals surface area contributed by atoms with Crippen molar-refractivity contribution in [1.29, 1.82) is 0 Å². The number of hydrogen-bond donors (Lipinski definition) is 2. The summed E-state index contributed by atoms with van der Waals surface area (Å²) in [6.45, 7) is 9.49. The molecule has 2 N–H and O–H groups in total. The fourth-order valence-electron chi connectivity index (χ4n) is 2.82. The van der Waals surface area contributed by atoms with Crippen molar-refractivity contribution in [2.45, 2.75) is 46.6 Å². The first-order chi connectivity index (χ1) is 11.1. The molecule has 0 radical (unpaired) electrons. The molecule has 5 heteroatoms. The van der Waals surface area contributed by atoms with Crippen molar-refractivity contribution in [3.63, 3.8) is 0 Å². The van der Waals surface area contributed by atoms with Gasteiger partial charge in [-0.1, -0.05) is 19.9 Å². The Bertz CT molecular complexity index is 596. The minimum Gasteiger partial charge on any atom is -0.396 e. The highest BCUT2D eigenvalue weighted by Gasteiger charge is 2.26. The van der Waals surface area contributed by atoms with Gasteiger partial charge in [0.05, 0.1) is 6.20 Å². The van der Waals surface area contributed by atoms with Crippen LogP contribution in [0.3, 0.4) is 0 Å². The highest BCUT2D eigenvalue weighted by molar-refractivity contribution is 5.29. The first-order valence-corrected chi connectivity index (χ1v) is 8.37. The summed E-state index contributed by atoms with van der Waals surface area (Å²) in [6, 6.07) is 5.99. The third kappa shape index (κ3) is 3.79. The van der Waals surface area contributed by atoms with Crippen molar-refractivity contribution < 1.29 is 5.11 Å². The van der Waals surface area contributed by atoms with Crippen molar-refractivity contribution in [2.24, 2.45) is 5.41 Å². The van der Waals surface area contributed by atoms with Crippen LogP contribution in [0.1, 0.15) is 50.9 Å². The van der Waals surface area contributed by atoms with Gasteiger partial charge in [0.25, 0.3) is 0 Å². The molecule has 126 valence electrons. The van der Waals surface area contributed by atoms with Gasteiger partial charge in [-0.15, -0.1) is 0 Å². The molecule has 0 saturated carbocycles. The van der Waals surface area contributed by atoms with Crippen LogP contribution in [0.25, 0.3) is 5.82 Å². The Morgan fingerprint density at radius 2 is 2.04 bits per heavy atom. The van der Waals surface area contributed by atoms with E-state index < -0.39 is 0 Å². The van der Waals surface area contributed by atoms with Gasteiger partial charge in [0.1, 0.15) is 0 Å². The molecule has 2 rings (SSSR count). The standard InChI is InChI=1S/C18H28N4O/c1-5-18(6-2,13-23)12-20-14(3)16-11-21-22(15(16)4)17-9-7-8-10-19-17/h7-11,14,20,23H,5-6,12-13H2,1-4H3. The minimum atomic E-state index is -0.0425. The van der Waals surface area contributed by atoms with Crippen molar-refractivity contribution in [3.05, 3.63) is 41.9 Å². The number of aliphatic hydroxyl groups is 1. The second kappa shape index (κ2) is 7.70. The van der Waals surface area contributed by atoms with Gasteiger partial charge in [0.15, 0.2) is 5.82 Å². The summed E-state index contributed by atoms with van der Waals surface area (Å²) in [5, 5.41) is 17.7. The van der Waals surface area contributed by atoms with Gasteiger partial charge in [-0.3, -0.25) is 0 Å². The molecule has 0 spiro atoms. The van der Waals surface area contributed by atoms with Crippen LogP contribution < -0.4 is 5.32 Å². The molecule has 1 unspecified atom stereocenters. The molecule has 0 fully saturated rings. The van der Waals surface area contributed by atoms with Crippen LogP contribution in [0, 0.1) is 12.3 Å². The lowest BCUT2D eigenvalue weighted by Crippen LogP contribution is -2.37. The molecule has 23 heavy (non-hydrogen) atoms. The van der Waals surface area contributed by atoms with Crippen molar-refractivity contribution >= 4 is 0 Å². The molecule has 0 aliphatic heterocycles. The number of aromatic nitrogens is 3. The first kappa shape index (κ1) is 17.6. The Balaban J connectivity index is 2.12. The summed E-state index contributed by atoms with van der Waals surface area (Å²) in [5.74, 6) is 0.829. The number of nitrogens with one attached hydrogen (secondary N) is 1. The lowest BCUT2D eigenvalue weighted by atomic mass is 9.83. The van der Waals surface area contributed by atoms with E-state index in [1.807, 2.05) is 29.1 Å². The molecule has 0 bridgehead atoms. The average Bonchev–Trinajstić information content (AvgIpc) is 2.99. The number of hydrogen-bond acceptors (Lipinski definition) is 4. The van der Waals surface area contributed by atoms with Crippen molar-refractivity contribution in [1.82, 2.24) is 20.1 Å². The van der Waals surface area contributed by atoms with Crippen molar-refractivity contribution in [2.75, 3.05) is 13.2 Å². The maximum atomic E-state index is 9.70. The zero-order chi connectivity index (χ0) is 16.9. The minimum absolute atomic E-state index is 0.0425. The SMILES string of the molecule is CCC(CC)(CO)CNC(C)c1cnn(-c2ccccn2)c1C. The molecule has 2 aromatic heterocycles. The van der Waals surface area contributed by atoms with E-state index in [0.717, 1.165) is 36.5 Å². The first-order valence-electron chi connectivity index (χ1n) is 8.37. The molecular weight excluding hydrogens is 288 g/mol. The van der Waals surface area contributed by atoms with Crippen LogP contribution in [0.4, 0.5) is 0 Å². The molecule has 0 saturated heterocycles. The van der Waals surface area contributed by atoms with Crippen LogP contribution in [0.2, 0.25) is 0 Å². The molecule has 2 aromatic rings. The molecule has 0 amide bonds. The predicted octanol–water partition coefficient (Wildman–Crippen LogP) is 3.03. The largest absolute Gasteiger partial charge is 0.396 e. The fraction of sp³-hybridized carbons (Fsp3) is 0.556. The third-order valence-electron chi connectivity index (χ3n) is 5.00. The second-order valence-corrected chi connectivity index (χ2v) is 6.25. The molecule has 2 heterocycles. The van der Waals surface area contributed by atoms with Gasteiger partial charge in [-0.25, -0.2) is 9.67 Å². The maximum absolute atomic E-state index is 9.70. The monoisotopic (exact) mass is 316 g/mol. The van der Waals surface area contributed by atoms with E-state index in [1.165, 1.54) is 0 Å². The maximum Gasteiger partial charge on any atom is 0.153 e. The quantitative estimate of drug-likeness (QED) is 0.786. The summed E-state index contributed by atoms with van der Waals surface area (Å²) in [4.78, 5) is 4.35. The Labute approximate surface area is 138 Å². The van der Waals surface area contributed by atoms with E-state index in [0.29, 0.717) is 0 Å². The van der Waals surface area contributed by atoms with E-state index in [1.54, 1.807) is 6.20 Å². The molecule has 0 aliphatic rings. The number of nitrogens with zero attached hydrogens (tertiary/aromatic N) is 3. The summed E-state index contributed by atoms with van der Waals surface area (Å²) in [5.41, 5.74) is 2.21. The van der Waals surface area contributed by atoms with E-state index in [-0.39, 0.29) is 18.1 Å². The predicted molar refractivity (Wildman–Crippen MR) is 92.6 cm³/mol. The van der Waals surface area contributed by atoms with Gasteiger partial charge >= 0.3 is 0 Å². The van der Waals surface area contributed by atoms with Crippen molar-refractivity contribution in [3.8, 4) is 5.82 Å². The molecule has 0 aliphatic carbocycles. The van der Waals surface area contributed by atoms with Gasteiger partial charge in [0.2, 0.25) is 0 Å². The Kier molecular flexibility index (Phi) is 5.91. The van der Waals surface area contributed by atoms with E-state index >= 15 is 0 Å².